The summed E-state index contributed by atoms with van der Waals surface area (Å²) in [7, 11) is 0. The molecule has 5 heteroatoms. The molecular weight excluding hydrogens is 468 g/mol. The number of hydrogen-bond donors (Lipinski definition) is 0. The minimum Gasteiger partial charge on any atom is -0.490 e. The molecule has 0 atom stereocenters. The molecule has 32 heavy (non-hydrogen) atoms. The van der Waals surface area contributed by atoms with E-state index < -0.39 is 5.97 Å². The molecular formula is C27H21BrO4. The molecule has 4 aromatic carbocycles. The first-order valence-corrected chi connectivity index (χ1v) is 11.0. The van der Waals surface area contributed by atoms with Crippen LogP contribution in [-0.2, 0) is 0 Å². The van der Waals surface area contributed by atoms with Crippen LogP contribution >= 0.6 is 15.9 Å². The van der Waals surface area contributed by atoms with Crippen LogP contribution in [0.5, 0.6) is 17.2 Å². The van der Waals surface area contributed by atoms with Crippen molar-refractivity contribution in [1.82, 2.24) is 0 Å². The first-order valence-electron chi connectivity index (χ1n) is 10.2. The SMILES string of the molecule is O=C(Oc1ccc(-c2ccccc2)cc1Br)c1cccc(OCCOc2ccccc2)c1. The molecule has 0 fully saturated rings. The summed E-state index contributed by atoms with van der Waals surface area (Å²) in [6.45, 7) is 0.763. The number of hydrogen-bond acceptors (Lipinski definition) is 4. The van der Waals surface area contributed by atoms with E-state index in [4.69, 9.17) is 14.2 Å². The summed E-state index contributed by atoms with van der Waals surface area (Å²) in [5.74, 6) is 1.37. The zero-order chi connectivity index (χ0) is 22.2. The largest absolute Gasteiger partial charge is 0.490 e. The van der Waals surface area contributed by atoms with Gasteiger partial charge in [0.25, 0.3) is 0 Å². The van der Waals surface area contributed by atoms with Crippen LogP contribution in [0.2, 0.25) is 0 Å². The average Bonchev–Trinajstić information content (AvgIpc) is 2.84. The van der Waals surface area contributed by atoms with Crippen molar-refractivity contribution in [2.24, 2.45) is 0 Å². The highest BCUT2D eigenvalue weighted by Gasteiger charge is 2.13. The van der Waals surface area contributed by atoms with Crippen LogP contribution in [0.1, 0.15) is 10.4 Å². The Kier molecular flexibility index (Phi) is 7.20. The van der Waals surface area contributed by atoms with Gasteiger partial charge in [-0.2, -0.15) is 0 Å². The summed E-state index contributed by atoms with van der Waals surface area (Å²) in [6, 6.07) is 32.1. The lowest BCUT2D eigenvalue weighted by Crippen LogP contribution is -2.11. The molecule has 4 rings (SSSR count). The summed E-state index contributed by atoms with van der Waals surface area (Å²) in [5, 5.41) is 0. The fraction of sp³-hybridized carbons (Fsp3) is 0.0741. The fourth-order valence-corrected chi connectivity index (χ4v) is 3.56. The Morgan fingerprint density at radius 3 is 2.03 bits per heavy atom. The normalized spacial score (nSPS) is 10.4. The maximum absolute atomic E-state index is 12.7. The molecule has 0 unspecified atom stereocenters. The summed E-state index contributed by atoms with van der Waals surface area (Å²) < 4.78 is 17.6. The standard InChI is InChI=1S/C27H21BrO4/c28-25-19-21(20-8-3-1-4-9-20)14-15-26(25)32-27(29)22-10-7-13-24(18-22)31-17-16-30-23-11-5-2-6-12-23/h1-15,18-19H,16-17H2. The highest BCUT2D eigenvalue weighted by Crippen LogP contribution is 2.31. The molecule has 4 aromatic rings. The third-order valence-electron chi connectivity index (χ3n) is 4.68. The summed E-state index contributed by atoms with van der Waals surface area (Å²) in [6.07, 6.45) is 0. The number of esters is 1. The van der Waals surface area contributed by atoms with Gasteiger partial charge in [-0.25, -0.2) is 4.79 Å². The fourth-order valence-electron chi connectivity index (χ4n) is 3.10. The first-order chi connectivity index (χ1) is 15.7. The molecule has 0 spiro atoms. The summed E-state index contributed by atoms with van der Waals surface area (Å²) in [4.78, 5) is 12.7. The molecule has 0 aromatic heterocycles. The third kappa shape index (κ3) is 5.77. The van der Waals surface area contributed by atoms with Gasteiger partial charge in [-0.3, -0.25) is 0 Å². The molecule has 0 N–H and O–H groups in total. The number of benzene rings is 4. The quantitative estimate of drug-likeness (QED) is 0.155. The lowest BCUT2D eigenvalue weighted by atomic mass is 10.1. The molecule has 0 aliphatic rings. The number of ether oxygens (including phenoxy) is 3. The third-order valence-corrected chi connectivity index (χ3v) is 5.30. The molecule has 0 saturated carbocycles. The maximum atomic E-state index is 12.7. The Labute approximate surface area is 195 Å². The smallest absolute Gasteiger partial charge is 0.343 e. The van der Waals surface area contributed by atoms with Crippen molar-refractivity contribution in [2.75, 3.05) is 13.2 Å². The zero-order valence-corrected chi connectivity index (χ0v) is 18.8. The molecule has 0 aliphatic carbocycles. The average molecular weight is 489 g/mol. The van der Waals surface area contributed by atoms with E-state index in [0.29, 0.717) is 34.7 Å². The van der Waals surface area contributed by atoms with E-state index in [0.717, 1.165) is 16.9 Å². The van der Waals surface area contributed by atoms with Gasteiger partial charge in [0.2, 0.25) is 0 Å². The second-order valence-corrected chi connectivity index (χ2v) is 7.79. The van der Waals surface area contributed by atoms with Gasteiger partial charge in [-0.05, 0) is 69.5 Å². The second-order valence-electron chi connectivity index (χ2n) is 6.94. The Bertz CT molecular complexity index is 1180. The first kappa shape index (κ1) is 21.7. The van der Waals surface area contributed by atoms with Gasteiger partial charge >= 0.3 is 5.97 Å². The highest BCUT2D eigenvalue weighted by atomic mass is 79.9. The molecule has 4 nitrogen and oxygen atoms in total. The Morgan fingerprint density at radius 1 is 0.656 bits per heavy atom. The van der Waals surface area contributed by atoms with Crippen LogP contribution in [0.3, 0.4) is 0 Å². The van der Waals surface area contributed by atoms with Crippen molar-refractivity contribution in [3.63, 3.8) is 0 Å². The topological polar surface area (TPSA) is 44.8 Å². The minimum atomic E-state index is -0.454. The van der Waals surface area contributed by atoms with Gasteiger partial charge in [-0.1, -0.05) is 60.7 Å². The van der Waals surface area contributed by atoms with Crippen LogP contribution in [-0.4, -0.2) is 19.2 Å². The number of para-hydroxylation sites is 1. The maximum Gasteiger partial charge on any atom is 0.343 e. The van der Waals surface area contributed by atoms with Crippen molar-refractivity contribution in [3.05, 3.63) is 113 Å². The van der Waals surface area contributed by atoms with Crippen molar-refractivity contribution in [2.45, 2.75) is 0 Å². The van der Waals surface area contributed by atoms with E-state index in [1.54, 1.807) is 30.3 Å². The van der Waals surface area contributed by atoms with E-state index >= 15 is 0 Å². The van der Waals surface area contributed by atoms with Crippen LogP contribution in [0.4, 0.5) is 0 Å². The molecule has 0 aliphatic heterocycles. The number of halogens is 1. The predicted molar refractivity (Wildman–Crippen MR) is 128 cm³/mol. The second kappa shape index (κ2) is 10.6. The molecule has 160 valence electrons. The monoisotopic (exact) mass is 488 g/mol. The molecule has 0 amide bonds. The minimum absolute atomic E-state index is 0.361. The van der Waals surface area contributed by atoms with Gasteiger partial charge in [0, 0.05) is 0 Å². The Morgan fingerprint density at radius 2 is 1.31 bits per heavy atom. The Balaban J connectivity index is 1.35. The molecule has 0 heterocycles. The van der Waals surface area contributed by atoms with Crippen molar-refractivity contribution < 1.29 is 19.0 Å². The van der Waals surface area contributed by atoms with Crippen LogP contribution in [0.25, 0.3) is 11.1 Å². The predicted octanol–water partition coefficient (Wildman–Crippen LogP) is 6.79. The number of carbonyl (C=O) groups is 1. The van der Waals surface area contributed by atoms with Gasteiger partial charge in [-0.15, -0.1) is 0 Å². The van der Waals surface area contributed by atoms with E-state index in [2.05, 4.69) is 15.9 Å². The summed E-state index contributed by atoms with van der Waals surface area (Å²) in [5.41, 5.74) is 2.53. The lowest BCUT2D eigenvalue weighted by molar-refractivity contribution is 0.0733. The molecule has 0 saturated heterocycles. The van der Waals surface area contributed by atoms with E-state index in [-0.39, 0.29) is 0 Å². The van der Waals surface area contributed by atoms with Crippen molar-refractivity contribution >= 4 is 21.9 Å². The summed E-state index contributed by atoms with van der Waals surface area (Å²) >= 11 is 3.51. The highest BCUT2D eigenvalue weighted by molar-refractivity contribution is 9.10. The number of carbonyl (C=O) groups excluding carboxylic acids is 1. The van der Waals surface area contributed by atoms with Gasteiger partial charge in [0.15, 0.2) is 0 Å². The zero-order valence-electron chi connectivity index (χ0n) is 17.2. The molecule has 0 bridgehead atoms. The van der Waals surface area contributed by atoms with Crippen LogP contribution < -0.4 is 14.2 Å². The number of rotatable bonds is 8. The lowest BCUT2D eigenvalue weighted by Gasteiger charge is -2.11. The van der Waals surface area contributed by atoms with Crippen LogP contribution in [0.15, 0.2) is 108 Å². The van der Waals surface area contributed by atoms with E-state index in [9.17, 15) is 4.79 Å². The molecule has 0 radical (unpaired) electrons. The van der Waals surface area contributed by atoms with Gasteiger partial charge < -0.3 is 14.2 Å². The van der Waals surface area contributed by atoms with Crippen LogP contribution in [0, 0.1) is 0 Å². The van der Waals surface area contributed by atoms with Gasteiger partial charge in [0.1, 0.15) is 30.5 Å². The van der Waals surface area contributed by atoms with Crippen molar-refractivity contribution in [3.8, 4) is 28.4 Å². The van der Waals surface area contributed by atoms with Gasteiger partial charge in [0.05, 0.1) is 10.0 Å². The Hall–Kier alpha value is -3.57. The van der Waals surface area contributed by atoms with E-state index in [1.807, 2.05) is 72.8 Å². The van der Waals surface area contributed by atoms with Crippen molar-refractivity contribution in [1.29, 1.82) is 0 Å². The van der Waals surface area contributed by atoms with E-state index in [1.165, 1.54) is 0 Å².